The van der Waals surface area contributed by atoms with Gasteiger partial charge in [0.25, 0.3) is 11.8 Å². The number of rotatable bonds is 4. The molecule has 4 rings (SSSR count). The van der Waals surface area contributed by atoms with Crippen molar-refractivity contribution in [1.29, 1.82) is 0 Å². The Bertz CT molecular complexity index is 864. The van der Waals surface area contributed by atoms with E-state index in [4.69, 9.17) is 0 Å². The first-order valence-electron chi connectivity index (χ1n) is 10.7. The Hall–Kier alpha value is -2.82. The predicted octanol–water partition coefficient (Wildman–Crippen LogP) is 4.41. The van der Waals surface area contributed by atoms with Crippen LogP contribution in [0, 0.1) is 5.92 Å². The van der Waals surface area contributed by atoms with Crippen molar-refractivity contribution in [3.05, 3.63) is 59.7 Å². The van der Waals surface area contributed by atoms with Gasteiger partial charge in [-0.3, -0.25) is 9.59 Å². The maximum atomic E-state index is 12.7. The Morgan fingerprint density at radius 3 is 2.24 bits per heavy atom. The summed E-state index contributed by atoms with van der Waals surface area (Å²) in [4.78, 5) is 29.5. The second-order valence-corrected chi connectivity index (χ2v) is 8.25. The third kappa shape index (κ3) is 4.61. The first-order valence-corrected chi connectivity index (χ1v) is 10.7. The summed E-state index contributed by atoms with van der Waals surface area (Å²) in [5.74, 6) is 0.621. The van der Waals surface area contributed by atoms with E-state index in [0.29, 0.717) is 11.1 Å². The van der Waals surface area contributed by atoms with Gasteiger partial charge in [0.05, 0.1) is 0 Å². The molecule has 0 aliphatic carbocycles. The maximum absolute atomic E-state index is 12.7. The van der Waals surface area contributed by atoms with Gasteiger partial charge >= 0.3 is 0 Å². The number of carbonyl (C=O) groups excluding carboxylic acids is 2. The van der Waals surface area contributed by atoms with E-state index in [0.717, 1.165) is 50.6 Å². The molecule has 152 valence electrons. The van der Waals surface area contributed by atoms with Gasteiger partial charge in [-0.1, -0.05) is 13.0 Å². The molecule has 2 aromatic carbocycles. The number of carbonyl (C=O) groups is 2. The Kier molecular flexibility index (Phi) is 5.84. The fourth-order valence-electron chi connectivity index (χ4n) is 4.12. The molecule has 2 amide bonds. The quantitative estimate of drug-likeness (QED) is 0.840. The zero-order valence-electron chi connectivity index (χ0n) is 17.1. The highest BCUT2D eigenvalue weighted by Gasteiger charge is 2.20. The number of hydrogen-bond donors (Lipinski definition) is 1. The minimum Gasteiger partial charge on any atom is -0.372 e. The molecule has 0 bridgehead atoms. The number of hydrogen-bond acceptors (Lipinski definition) is 3. The van der Waals surface area contributed by atoms with Gasteiger partial charge in [-0.05, 0) is 74.1 Å². The van der Waals surface area contributed by atoms with Gasteiger partial charge in [0, 0.05) is 48.7 Å². The van der Waals surface area contributed by atoms with E-state index in [2.05, 4.69) is 29.3 Å². The number of likely N-dealkylation sites (tertiary alicyclic amines) is 1. The minimum atomic E-state index is -0.194. The summed E-state index contributed by atoms with van der Waals surface area (Å²) in [7, 11) is 0. The van der Waals surface area contributed by atoms with Crippen LogP contribution in [0.5, 0.6) is 0 Å². The highest BCUT2D eigenvalue weighted by atomic mass is 16.2. The van der Waals surface area contributed by atoms with Gasteiger partial charge in [0.1, 0.15) is 0 Å². The molecule has 0 radical (unpaired) electrons. The van der Waals surface area contributed by atoms with Gasteiger partial charge in [-0.15, -0.1) is 0 Å². The first kappa shape index (κ1) is 19.5. The number of nitrogens with zero attached hydrogens (tertiary/aromatic N) is 2. The lowest BCUT2D eigenvalue weighted by Gasteiger charge is -2.32. The molecule has 2 aromatic rings. The topological polar surface area (TPSA) is 52.7 Å². The highest BCUT2D eigenvalue weighted by Crippen LogP contribution is 2.24. The summed E-state index contributed by atoms with van der Waals surface area (Å²) in [6.07, 6.45) is 4.56. The lowest BCUT2D eigenvalue weighted by atomic mass is 9.99. The fraction of sp³-hybridized carbons (Fsp3) is 0.417. The molecule has 0 atom stereocenters. The standard InChI is InChI=1S/C24H29N3O2/c1-18-11-15-26(16-12-18)22-9-7-21(8-10-22)25-23(28)19-5-4-6-20(17-19)24(29)27-13-2-3-14-27/h4-10,17-18H,2-3,11-16H2,1H3,(H,25,28). The smallest absolute Gasteiger partial charge is 0.255 e. The number of benzene rings is 2. The molecule has 2 saturated heterocycles. The number of nitrogens with one attached hydrogen (secondary N) is 1. The van der Waals surface area contributed by atoms with Crippen LogP contribution in [-0.4, -0.2) is 42.9 Å². The van der Waals surface area contributed by atoms with Crippen molar-refractivity contribution in [1.82, 2.24) is 4.90 Å². The van der Waals surface area contributed by atoms with Crippen molar-refractivity contribution in [2.24, 2.45) is 5.92 Å². The van der Waals surface area contributed by atoms with E-state index in [1.54, 1.807) is 24.3 Å². The van der Waals surface area contributed by atoms with Gasteiger partial charge in [0.15, 0.2) is 0 Å². The summed E-state index contributed by atoms with van der Waals surface area (Å²) in [6, 6.07) is 15.0. The molecule has 29 heavy (non-hydrogen) atoms. The molecular weight excluding hydrogens is 362 g/mol. The van der Waals surface area contributed by atoms with Crippen LogP contribution in [0.1, 0.15) is 53.3 Å². The number of piperidine rings is 1. The van der Waals surface area contributed by atoms with E-state index in [9.17, 15) is 9.59 Å². The van der Waals surface area contributed by atoms with Gasteiger partial charge in [-0.2, -0.15) is 0 Å². The lowest BCUT2D eigenvalue weighted by molar-refractivity contribution is 0.0793. The van der Waals surface area contributed by atoms with E-state index in [-0.39, 0.29) is 11.8 Å². The van der Waals surface area contributed by atoms with Crippen molar-refractivity contribution in [2.45, 2.75) is 32.6 Å². The molecule has 0 aromatic heterocycles. The Morgan fingerprint density at radius 1 is 0.897 bits per heavy atom. The second-order valence-electron chi connectivity index (χ2n) is 8.25. The lowest BCUT2D eigenvalue weighted by Crippen LogP contribution is -2.32. The predicted molar refractivity (Wildman–Crippen MR) is 117 cm³/mol. The van der Waals surface area contributed by atoms with Crippen LogP contribution >= 0.6 is 0 Å². The van der Waals surface area contributed by atoms with E-state index >= 15 is 0 Å². The van der Waals surface area contributed by atoms with Crippen molar-refractivity contribution >= 4 is 23.2 Å². The van der Waals surface area contributed by atoms with E-state index in [1.165, 1.54) is 18.5 Å². The molecule has 5 heteroatoms. The molecule has 5 nitrogen and oxygen atoms in total. The summed E-state index contributed by atoms with van der Waals surface area (Å²) in [6.45, 7) is 6.09. The molecule has 1 N–H and O–H groups in total. The van der Waals surface area contributed by atoms with Gasteiger partial charge in [-0.25, -0.2) is 0 Å². The molecule has 0 spiro atoms. The average molecular weight is 392 g/mol. The van der Waals surface area contributed by atoms with Crippen molar-refractivity contribution in [3.63, 3.8) is 0 Å². The third-order valence-electron chi connectivity index (χ3n) is 6.04. The molecule has 0 unspecified atom stereocenters. The molecule has 2 heterocycles. The number of amides is 2. The minimum absolute atomic E-state index is 0.0114. The Balaban J connectivity index is 1.40. The summed E-state index contributed by atoms with van der Waals surface area (Å²) < 4.78 is 0. The SMILES string of the molecule is CC1CCN(c2ccc(NC(=O)c3cccc(C(=O)N4CCCC4)c3)cc2)CC1. The van der Waals surface area contributed by atoms with Crippen LogP contribution in [0.15, 0.2) is 48.5 Å². The fourth-order valence-corrected chi connectivity index (χ4v) is 4.12. The van der Waals surface area contributed by atoms with E-state index < -0.39 is 0 Å². The van der Waals surface area contributed by atoms with Crippen molar-refractivity contribution < 1.29 is 9.59 Å². The van der Waals surface area contributed by atoms with Crippen LogP contribution in [0.3, 0.4) is 0 Å². The van der Waals surface area contributed by atoms with E-state index in [1.807, 2.05) is 17.0 Å². The molecule has 0 saturated carbocycles. The molecule has 2 aliphatic heterocycles. The first-order chi connectivity index (χ1) is 14.1. The second kappa shape index (κ2) is 8.68. The van der Waals surface area contributed by atoms with Crippen LogP contribution in [0.4, 0.5) is 11.4 Å². The Labute approximate surface area is 172 Å². The van der Waals surface area contributed by atoms with Crippen LogP contribution in [-0.2, 0) is 0 Å². The maximum Gasteiger partial charge on any atom is 0.255 e. The van der Waals surface area contributed by atoms with Crippen LogP contribution < -0.4 is 10.2 Å². The zero-order chi connectivity index (χ0) is 20.2. The number of anilines is 2. The normalized spacial score (nSPS) is 17.4. The third-order valence-corrected chi connectivity index (χ3v) is 6.04. The van der Waals surface area contributed by atoms with Crippen LogP contribution in [0.2, 0.25) is 0 Å². The van der Waals surface area contributed by atoms with Crippen molar-refractivity contribution in [2.75, 3.05) is 36.4 Å². The Morgan fingerprint density at radius 2 is 1.55 bits per heavy atom. The average Bonchev–Trinajstić information content (AvgIpc) is 3.29. The highest BCUT2D eigenvalue weighted by molar-refractivity contribution is 6.06. The van der Waals surface area contributed by atoms with Gasteiger partial charge in [0.2, 0.25) is 0 Å². The monoisotopic (exact) mass is 391 g/mol. The summed E-state index contributed by atoms with van der Waals surface area (Å²) in [5.41, 5.74) is 3.05. The van der Waals surface area contributed by atoms with Crippen LogP contribution in [0.25, 0.3) is 0 Å². The zero-order valence-corrected chi connectivity index (χ0v) is 17.1. The molecular formula is C24H29N3O2. The largest absolute Gasteiger partial charge is 0.372 e. The van der Waals surface area contributed by atoms with Gasteiger partial charge < -0.3 is 15.1 Å². The molecule has 2 fully saturated rings. The molecule has 2 aliphatic rings. The summed E-state index contributed by atoms with van der Waals surface area (Å²) >= 11 is 0. The van der Waals surface area contributed by atoms with Crippen molar-refractivity contribution in [3.8, 4) is 0 Å². The summed E-state index contributed by atoms with van der Waals surface area (Å²) in [5, 5.41) is 2.95.